The zero-order valence-corrected chi connectivity index (χ0v) is 19.4. The summed E-state index contributed by atoms with van der Waals surface area (Å²) in [5.74, 6) is -0.0738. The summed E-state index contributed by atoms with van der Waals surface area (Å²) in [6.07, 6.45) is -0.640. The van der Waals surface area contributed by atoms with Crippen LogP contribution < -0.4 is 10.1 Å². The molecule has 1 aromatic heterocycles. The van der Waals surface area contributed by atoms with Gasteiger partial charge in [-0.15, -0.1) is 5.10 Å². The highest BCUT2D eigenvalue weighted by molar-refractivity contribution is 5.60. The van der Waals surface area contributed by atoms with Gasteiger partial charge in [-0.2, -0.15) is 4.98 Å². The second kappa shape index (κ2) is 11.2. The van der Waals surface area contributed by atoms with Crippen molar-refractivity contribution in [2.45, 2.75) is 32.5 Å². The van der Waals surface area contributed by atoms with Crippen LogP contribution in [0.1, 0.15) is 20.8 Å². The Morgan fingerprint density at radius 2 is 1.82 bits per heavy atom. The molecule has 8 nitrogen and oxygen atoms in total. The molecule has 0 aliphatic heterocycles. The van der Waals surface area contributed by atoms with Crippen molar-refractivity contribution in [3.8, 4) is 23.1 Å². The molecular weight excluding hydrogens is 427 g/mol. The van der Waals surface area contributed by atoms with Gasteiger partial charge in [-0.05, 0) is 57.2 Å². The van der Waals surface area contributed by atoms with Gasteiger partial charge in [0.2, 0.25) is 0 Å². The molecule has 3 aromatic rings. The van der Waals surface area contributed by atoms with E-state index in [0.29, 0.717) is 30.2 Å². The third kappa shape index (κ3) is 7.24. The Hall–Kier alpha value is -3.01. The third-order valence-electron chi connectivity index (χ3n) is 4.58. The fourth-order valence-corrected chi connectivity index (χ4v) is 2.93. The fourth-order valence-electron chi connectivity index (χ4n) is 2.93. The van der Waals surface area contributed by atoms with E-state index in [-0.39, 0.29) is 24.8 Å². The van der Waals surface area contributed by atoms with Crippen molar-refractivity contribution in [1.82, 2.24) is 14.8 Å². The zero-order chi connectivity index (χ0) is 23.8. The number of nitrogens with zero attached hydrogens (tertiary/aromatic N) is 3. The molecule has 0 fully saturated rings. The second-order valence-electron chi connectivity index (χ2n) is 8.46. The van der Waals surface area contributed by atoms with Crippen LogP contribution in [0.3, 0.4) is 0 Å². The molecule has 1 atom stereocenters. The van der Waals surface area contributed by atoms with Gasteiger partial charge in [0.05, 0.1) is 36.2 Å². The van der Waals surface area contributed by atoms with E-state index < -0.39 is 11.9 Å². The van der Waals surface area contributed by atoms with Gasteiger partial charge in [0, 0.05) is 19.3 Å². The van der Waals surface area contributed by atoms with Crippen molar-refractivity contribution >= 4 is 5.69 Å². The fraction of sp³-hybridized carbons (Fsp3) is 0.417. The molecule has 3 rings (SSSR count). The number of rotatable bonds is 11. The minimum absolute atomic E-state index is 0.134. The summed E-state index contributed by atoms with van der Waals surface area (Å²) in [6, 6.07) is 13.9. The maximum atomic E-state index is 14.5. The van der Waals surface area contributed by atoms with E-state index in [1.165, 1.54) is 10.7 Å². The molecule has 0 spiro atoms. The highest BCUT2D eigenvalue weighted by Gasteiger charge is 2.18. The van der Waals surface area contributed by atoms with Crippen molar-refractivity contribution < 1.29 is 23.7 Å². The number of hydrogen-bond acceptors (Lipinski definition) is 7. The minimum Gasteiger partial charge on any atom is -0.460 e. The van der Waals surface area contributed by atoms with Crippen molar-refractivity contribution in [3.05, 3.63) is 54.3 Å². The monoisotopic (exact) mass is 458 g/mol. The molecule has 0 aliphatic carbocycles. The molecule has 9 heteroatoms. The van der Waals surface area contributed by atoms with Gasteiger partial charge in [0.1, 0.15) is 12.4 Å². The van der Waals surface area contributed by atoms with Crippen LogP contribution in [0.25, 0.3) is 17.1 Å². The van der Waals surface area contributed by atoms with Crippen LogP contribution in [0.2, 0.25) is 0 Å². The molecule has 2 N–H and O–H groups in total. The molecule has 33 heavy (non-hydrogen) atoms. The number of hydrogen-bond donors (Lipinski definition) is 2. The average Bonchev–Trinajstić information content (AvgIpc) is 3.20. The number of benzene rings is 2. The van der Waals surface area contributed by atoms with Crippen LogP contribution in [-0.2, 0) is 9.47 Å². The first-order chi connectivity index (χ1) is 15.8. The molecule has 0 bridgehead atoms. The zero-order valence-electron chi connectivity index (χ0n) is 19.4. The number of ether oxygens (including phenoxy) is 3. The van der Waals surface area contributed by atoms with Gasteiger partial charge in [0.15, 0.2) is 5.82 Å². The third-order valence-corrected chi connectivity index (χ3v) is 4.58. The van der Waals surface area contributed by atoms with Crippen molar-refractivity contribution in [3.63, 3.8) is 0 Å². The molecule has 0 amide bonds. The Morgan fingerprint density at radius 3 is 2.48 bits per heavy atom. The summed E-state index contributed by atoms with van der Waals surface area (Å²) in [4.78, 5) is 4.38. The van der Waals surface area contributed by atoms with Gasteiger partial charge in [-0.25, -0.2) is 9.07 Å². The van der Waals surface area contributed by atoms with Crippen LogP contribution in [-0.4, -0.2) is 65.1 Å². The smallest absolute Gasteiger partial charge is 0.336 e. The predicted molar refractivity (Wildman–Crippen MR) is 124 cm³/mol. The summed E-state index contributed by atoms with van der Waals surface area (Å²) in [5, 5.41) is 17.7. The van der Waals surface area contributed by atoms with Crippen molar-refractivity contribution in [2.24, 2.45) is 0 Å². The summed E-state index contributed by atoms with van der Waals surface area (Å²) in [6.45, 7) is 7.08. The van der Waals surface area contributed by atoms with Gasteiger partial charge in [-0.3, -0.25) is 0 Å². The van der Waals surface area contributed by atoms with Gasteiger partial charge < -0.3 is 24.6 Å². The average molecular weight is 459 g/mol. The van der Waals surface area contributed by atoms with Gasteiger partial charge >= 0.3 is 6.01 Å². The van der Waals surface area contributed by atoms with Crippen LogP contribution in [0.4, 0.5) is 10.1 Å². The summed E-state index contributed by atoms with van der Waals surface area (Å²) >= 11 is 0. The molecule has 0 saturated carbocycles. The normalized spacial score (nSPS) is 12.5. The van der Waals surface area contributed by atoms with E-state index in [0.717, 1.165) is 5.69 Å². The Bertz CT molecular complexity index is 1020. The first kappa shape index (κ1) is 24.6. The number of halogens is 1. The van der Waals surface area contributed by atoms with Crippen LogP contribution in [0, 0.1) is 5.82 Å². The molecular formula is C24H31FN4O4. The lowest BCUT2D eigenvalue weighted by molar-refractivity contribution is -0.0449. The molecule has 1 unspecified atom stereocenters. The summed E-state index contributed by atoms with van der Waals surface area (Å²) in [5.41, 5.74) is 1.51. The summed E-state index contributed by atoms with van der Waals surface area (Å²) in [7, 11) is 1.58. The van der Waals surface area contributed by atoms with E-state index in [1.54, 1.807) is 25.3 Å². The molecule has 1 heterocycles. The standard InChI is InChI=1S/C24H31FN4O4/c1-24(2,3)33-16-19(30)15-26-17-9-11-18(12-10-17)29-22(20-7-5-6-8-21(20)25)27-23(28-29)32-14-13-31-4/h5-12,19,26,30H,13-16H2,1-4H3. The number of anilines is 1. The van der Waals surface area contributed by atoms with E-state index in [9.17, 15) is 9.50 Å². The number of nitrogens with one attached hydrogen (secondary N) is 1. The molecule has 178 valence electrons. The Kier molecular flexibility index (Phi) is 8.37. The molecule has 0 radical (unpaired) electrons. The first-order valence-corrected chi connectivity index (χ1v) is 10.8. The maximum absolute atomic E-state index is 14.5. The lowest BCUT2D eigenvalue weighted by Crippen LogP contribution is -2.30. The van der Waals surface area contributed by atoms with E-state index in [4.69, 9.17) is 14.2 Å². The number of methoxy groups -OCH3 is 1. The number of aliphatic hydroxyl groups excluding tert-OH is 1. The van der Waals surface area contributed by atoms with Crippen LogP contribution in [0.15, 0.2) is 48.5 Å². The van der Waals surface area contributed by atoms with Gasteiger partial charge in [0.25, 0.3) is 0 Å². The van der Waals surface area contributed by atoms with Crippen LogP contribution >= 0.6 is 0 Å². The van der Waals surface area contributed by atoms with E-state index in [2.05, 4.69) is 15.4 Å². The van der Waals surface area contributed by atoms with Crippen LogP contribution in [0.5, 0.6) is 6.01 Å². The lowest BCUT2D eigenvalue weighted by atomic mass is 10.2. The van der Waals surface area contributed by atoms with E-state index >= 15 is 0 Å². The van der Waals surface area contributed by atoms with Crippen molar-refractivity contribution in [2.75, 3.05) is 38.8 Å². The Balaban J connectivity index is 1.75. The summed E-state index contributed by atoms with van der Waals surface area (Å²) < 4.78 is 32.2. The minimum atomic E-state index is -0.640. The van der Waals surface area contributed by atoms with Gasteiger partial charge in [-0.1, -0.05) is 12.1 Å². The highest BCUT2D eigenvalue weighted by atomic mass is 19.1. The predicted octanol–water partition coefficient (Wildman–Crippen LogP) is 3.69. The number of aromatic nitrogens is 3. The lowest BCUT2D eigenvalue weighted by Gasteiger charge is -2.22. The second-order valence-corrected chi connectivity index (χ2v) is 8.46. The quantitative estimate of drug-likeness (QED) is 0.424. The molecule has 2 aromatic carbocycles. The molecule has 0 saturated heterocycles. The number of aliphatic hydroxyl groups is 1. The topological polar surface area (TPSA) is 90.7 Å². The highest BCUT2D eigenvalue weighted by Crippen LogP contribution is 2.26. The molecule has 0 aliphatic rings. The van der Waals surface area contributed by atoms with Crippen molar-refractivity contribution in [1.29, 1.82) is 0 Å². The largest absolute Gasteiger partial charge is 0.460 e. The first-order valence-electron chi connectivity index (χ1n) is 10.8. The van der Waals surface area contributed by atoms with E-state index in [1.807, 2.05) is 45.0 Å². The Labute approximate surface area is 193 Å². The Morgan fingerprint density at radius 1 is 1.09 bits per heavy atom. The SMILES string of the molecule is COCCOc1nc(-c2ccccc2F)n(-c2ccc(NCC(O)COC(C)(C)C)cc2)n1. The maximum Gasteiger partial charge on any atom is 0.336 e.